The van der Waals surface area contributed by atoms with Crippen molar-refractivity contribution in [1.82, 2.24) is 25.6 Å². The molecule has 0 saturated carbocycles. The van der Waals surface area contributed by atoms with Gasteiger partial charge in [0.2, 0.25) is 17.6 Å². The van der Waals surface area contributed by atoms with Gasteiger partial charge in [-0.1, -0.05) is 16.4 Å². The van der Waals surface area contributed by atoms with E-state index >= 15 is 0 Å². The maximum Gasteiger partial charge on any atom is 0.246 e. The molecule has 0 saturated heterocycles. The Morgan fingerprint density at radius 3 is 3.00 bits per heavy atom. The first-order chi connectivity index (χ1) is 11.2. The Morgan fingerprint density at radius 2 is 2.26 bits per heavy atom. The van der Waals surface area contributed by atoms with E-state index in [1.165, 1.54) is 6.08 Å². The van der Waals surface area contributed by atoms with E-state index in [9.17, 15) is 4.79 Å². The molecule has 3 heterocycles. The van der Waals surface area contributed by atoms with Crippen molar-refractivity contribution in [1.29, 1.82) is 0 Å². The molecule has 8 nitrogen and oxygen atoms in total. The lowest BCUT2D eigenvalue weighted by Crippen LogP contribution is -2.20. The summed E-state index contributed by atoms with van der Waals surface area (Å²) in [5.41, 5.74) is 1.32. The van der Waals surface area contributed by atoms with Gasteiger partial charge < -0.3 is 14.4 Å². The first-order valence-corrected chi connectivity index (χ1v) is 6.83. The largest absolute Gasteiger partial charge is 0.361 e. The maximum atomic E-state index is 11.7. The summed E-state index contributed by atoms with van der Waals surface area (Å²) in [5, 5.41) is 10.2. The Kier molecular flexibility index (Phi) is 4.23. The van der Waals surface area contributed by atoms with Crippen molar-refractivity contribution >= 4 is 12.0 Å². The lowest BCUT2D eigenvalue weighted by Gasteiger charge is -1.96. The van der Waals surface area contributed by atoms with E-state index in [1.807, 2.05) is 6.07 Å². The van der Waals surface area contributed by atoms with Gasteiger partial charge in [-0.2, -0.15) is 4.98 Å². The average Bonchev–Trinajstić information content (AvgIpc) is 3.20. The molecule has 0 unspecified atom stereocenters. The molecule has 0 aliphatic rings. The highest BCUT2D eigenvalue weighted by molar-refractivity contribution is 5.91. The van der Waals surface area contributed by atoms with E-state index < -0.39 is 0 Å². The first kappa shape index (κ1) is 14.6. The van der Waals surface area contributed by atoms with Crippen LogP contribution in [0.5, 0.6) is 0 Å². The SMILES string of the molecule is Cc1cc(-c2noc(CNC(=O)/C=C/c3cccnc3)n2)no1. The van der Waals surface area contributed by atoms with Gasteiger partial charge in [-0.15, -0.1) is 0 Å². The molecule has 0 fully saturated rings. The van der Waals surface area contributed by atoms with Crippen molar-refractivity contribution in [2.75, 3.05) is 0 Å². The quantitative estimate of drug-likeness (QED) is 0.715. The molecule has 0 aromatic carbocycles. The summed E-state index contributed by atoms with van der Waals surface area (Å²) in [6.07, 6.45) is 6.41. The predicted molar refractivity (Wildman–Crippen MR) is 79.6 cm³/mol. The van der Waals surface area contributed by atoms with Gasteiger partial charge in [-0.25, -0.2) is 0 Å². The van der Waals surface area contributed by atoms with E-state index in [-0.39, 0.29) is 18.3 Å². The van der Waals surface area contributed by atoms with Crippen LogP contribution in [0.4, 0.5) is 0 Å². The van der Waals surface area contributed by atoms with Gasteiger partial charge in [0, 0.05) is 24.5 Å². The molecule has 3 aromatic heterocycles. The fourth-order valence-corrected chi connectivity index (χ4v) is 1.77. The van der Waals surface area contributed by atoms with Crippen LogP contribution in [0.25, 0.3) is 17.6 Å². The fraction of sp³-hybridized carbons (Fsp3) is 0.133. The minimum absolute atomic E-state index is 0.125. The molecule has 3 aromatic rings. The number of aryl methyl sites for hydroxylation is 1. The summed E-state index contributed by atoms with van der Waals surface area (Å²) in [7, 11) is 0. The third-order valence-corrected chi connectivity index (χ3v) is 2.85. The van der Waals surface area contributed by atoms with Gasteiger partial charge in [0.25, 0.3) is 0 Å². The Bertz CT molecular complexity index is 823. The number of hydrogen-bond acceptors (Lipinski definition) is 7. The number of carbonyl (C=O) groups is 1. The highest BCUT2D eigenvalue weighted by atomic mass is 16.5. The van der Waals surface area contributed by atoms with Crippen LogP contribution in [0.3, 0.4) is 0 Å². The zero-order valence-electron chi connectivity index (χ0n) is 12.3. The first-order valence-electron chi connectivity index (χ1n) is 6.83. The standard InChI is InChI=1S/C15H13N5O3/c1-10-7-12(19-22-10)15-18-14(23-20-15)9-17-13(21)5-4-11-3-2-6-16-8-11/h2-8H,9H2,1H3,(H,17,21)/b5-4+. The normalized spacial score (nSPS) is 11.0. The minimum atomic E-state index is -0.272. The lowest BCUT2D eigenvalue weighted by molar-refractivity contribution is -0.116. The van der Waals surface area contributed by atoms with E-state index in [0.717, 1.165) is 5.56 Å². The number of rotatable bonds is 5. The second-order valence-corrected chi connectivity index (χ2v) is 4.67. The molecular formula is C15H13N5O3. The van der Waals surface area contributed by atoms with Crippen molar-refractivity contribution in [3.05, 3.63) is 53.9 Å². The van der Waals surface area contributed by atoms with Crippen molar-refractivity contribution in [2.45, 2.75) is 13.5 Å². The minimum Gasteiger partial charge on any atom is -0.361 e. The number of carbonyl (C=O) groups excluding carboxylic acids is 1. The average molecular weight is 311 g/mol. The van der Waals surface area contributed by atoms with Gasteiger partial charge in [0.15, 0.2) is 5.69 Å². The monoisotopic (exact) mass is 311 g/mol. The van der Waals surface area contributed by atoms with E-state index in [1.54, 1.807) is 37.5 Å². The molecule has 1 N–H and O–H groups in total. The van der Waals surface area contributed by atoms with Crippen molar-refractivity contribution in [2.24, 2.45) is 0 Å². The molecule has 1 amide bonds. The van der Waals surface area contributed by atoms with E-state index in [4.69, 9.17) is 9.05 Å². The molecule has 0 atom stereocenters. The molecule has 0 aliphatic heterocycles. The second kappa shape index (κ2) is 6.65. The predicted octanol–water partition coefficient (Wildman–Crippen LogP) is 1.76. The molecule has 0 radical (unpaired) electrons. The Hall–Kier alpha value is -3.29. The summed E-state index contributed by atoms with van der Waals surface area (Å²) in [5.74, 6) is 0.979. The highest BCUT2D eigenvalue weighted by Gasteiger charge is 2.12. The van der Waals surface area contributed by atoms with Crippen molar-refractivity contribution in [3.63, 3.8) is 0 Å². The summed E-state index contributed by atoms with van der Waals surface area (Å²) in [4.78, 5) is 19.8. The molecule has 0 bridgehead atoms. The van der Waals surface area contributed by atoms with Gasteiger partial charge in [-0.3, -0.25) is 9.78 Å². The molecular weight excluding hydrogens is 298 g/mol. The Morgan fingerprint density at radius 1 is 1.35 bits per heavy atom. The summed E-state index contributed by atoms with van der Waals surface area (Å²) in [6, 6.07) is 5.34. The highest BCUT2D eigenvalue weighted by Crippen LogP contribution is 2.14. The lowest BCUT2D eigenvalue weighted by atomic mass is 10.2. The van der Waals surface area contributed by atoms with Crippen LogP contribution in [0.1, 0.15) is 17.2 Å². The van der Waals surface area contributed by atoms with Crippen LogP contribution in [0.2, 0.25) is 0 Å². The third kappa shape index (κ3) is 3.88. The van der Waals surface area contributed by atoms with Crippen molar-refractivity contribution < 1.29 is 13.8 Å². The van der Waals surface area contributed by atoms with Crippen LogP contribution in [-0.2, 0) is 11.3 Å². The van der Waals surface area contributed by atoms with Gasteiger partial charge in [0.1, 0.15) is 5.76 Å². The van der Waals surface area contributed by atoms with Crippen molar-refractivity contribution in [3.8, 4) is 11.5 Å². The molecule has 0 spiro atoms. The number of nitrogens with one attached hydrogen (secondary N) is 1. The van der Waals surface area contributed by atoms with E-state index in [0.29, 0.717) is 17.3 Å². The van der Waals surface area contributed by atoms with Crippen LogP contribution < -0.4 is 5.32 Å². The number of nitrogens with zero attached hydrogens (tertiary/aromatic N) is 4. The Balaban J connectivity index is 1.55. The molecule has 0 aliphatic carbocycles. The number of hydrogen-bond donors (Lipinski definition) is 1. The van der Waals surface area contributed by atoms with Gasteiger partial charge >= 0.3 is 0 Å². The van der Waals surface area contributed by atoms with E-state index in [2.05, 4.69) is 25.6 Å². The number of pyridine rings is 1. The smallest absolute Gasteiger partial charge is 0.246 e. The molecule has 116 valence electrons. The van der Waals surface area contributed by atoms with Crippen LogP contribution >= 0.6 is 0 Å². The summed E-state index contributed by atoms with van der Waals surface area (Å²) < 4.78 is 9.99. The maximum absolute atomic E-state index is 11.7. The van der Waals surface area contributed by atoms with Gasteiger partial charge in [-0.05, 0) is 24.6 Å². The van der Waals surface area contributed by atoms with Crippen LogP contribution in [0.15, 0.2) is 45.7 Å². The molecule has 3 rings (SSSR count). The number of amides is 1. The van der Waals surface area contributed by atoms with Crippen LogP contribution in [0, 0.1) is 6.92 Å². The zero-order valence-corrected chi connectivity index (χ0v) is 12.3. The zero-order chi connectivity index (χ0) is 16.1. The Labute approximate surface area is 131 Å². The summed E-state index contributed by atoms with van der Waals surface area (Å²) in [6.45, 7) is 1.90. The fourth-order valence-electron chi connectivity index (χ4n) is 1.77. The summed E-state index contributed by atoms with van der Waals surface area (Å²) >= 11 is 0. The topological polar surface area (TPSA) is 107 Å². The molecule has 23 heavy (non-hydrogen) atoms. The third-order valence-electron chi connectivity index (χ3n) is 2.85. The second-order valence-electron chi connectivity index (χ2n) is 4.67. The van der Waals surface area contributed by atoms with Gasteiger partial charge in [0.05, 0.1) is 6.54 Å². The molecule has 8 heteroatoms. The van der Waals surface area contributed by atoms with Crippen LogP contribution in [-0.4, -0.2) is 26.2 Å². The number of aromatic nitrogens is 4.